The van der Waals surface area contributed by atoms with Crippen LogP contribution in [0.4, 0.5) is 0 Å². The molecule has 5 aliphatic carbocycles. The smallest absolute Gasteiger partial charge is 0.133 e. The minimum absolute atomic E-state index is 0.0695. The zero-order chi connectivity index (χ0) is 16.2. The summed E-state index contributed by atoms with van der Waals surface area (Å²) < 4.78 is 0. The molecule has 5 rings (SSSR count). The first kappa shape index (κ1) is 14.9. The molecule has 1 N–H and O–H groups in total. The summed E-state index contributed by atoms with van der Waals surface area (Å²) >= 11 is 0. The number of aliphatic hydroxyl groups is 1. The molecule has 128 valence electrons. The van der Waals surface area contributed by atoms with Crippen molar-refractivity contribution < 1.29 is 9.90 Å². The highest BCUT2D eigenvalue weighted by Crippen LogP contribution is 2.81. The molecule has 2 nitrogen and oxygen atoms in total. The Morgan fingerprint density at radius 1 is 1.04 bits per heavy atom. The lowest BCUT2D eigenvalue weighted by atomic mass is 9.45. The average molecular weight is 316 g/mol. The van der Waals surface area contributed by atoms with Gasteiger partial charge in [-0.15, -0.1) is 0 Å². The number of hydrogen-bond acceptors (Lipinski definition) is 2. The Balaban J connectivity index is 1.52. The Kier molecular flexibility index (Phi) is 2.75. The summed E-state index contributed by atoms with van der Waals surface area (Å²) in [6.45, 7) is 6.74. The van der Waals surface area contributed by atoms with E-state index in [-0.39, 0.29) is 17.4 Å². The zero-order valence-corrected chi connectivity index (χ0v) is 15.0. The van der Waals surface area contributed by atoms with E-state index in [2.05, 4.69) is 13.8 Å². The maximum absolute atomic E-state index is 12.2. The molecule has 5 fully saturated rings. The van der Waals surface area contributed by atoms with Crippen LogP contribution in [-0.2, 0) is 4.79 Å². The molecule has 23 heavy (non-hydrogen) atoms. The molecule has 5 saturated carbocycles. The van der Waals surface area contributed by atoms with Gasteiger partial charge in [-0.2, -0.15) is 0 Å². The molecule has 9 atom stereocenters. The predicted molar refractivity (Wildman–Crippen MR) is 89.7 cm³/mol. The van der Waals surface area contributed by atoms with Gasteiger partial charge < -0.3 is 5.11 Å². The monoisotopic (exact) mass is 316 g/mol. The summed E-state index contributed by atoms with van der Waals surface area (Å²) in [7, 11) is 0. The third-order valence-corrected chi connectivity index (χ3v) is 10.1. The van der Waals surface area contributed by atoms with Crippen LogP contribution in [0.5, 0.6) is 0 Å². The standard InChI is InChI=1S/C21H32O2/c1-12(22)15-4-5-16-14-10-18(23)21-11-13(21)6-9-20(21,3)17(14)7-8-19(15,16)2/h13-18,23H,4-11H2,1-3H3/t13-,14-,15+,16-,17-,18+,19+,20+,21-/m0/s1. The van der Waals surface area contributed by atoms with Gasteiger partial charge in [0.25, 0.3) is 0 Å². The third-order valence-electron chi connectivity index (χ3n) is 10.1. The Morgan fingerprint density at radius 2 is 1.83 bits per heavy atom. The van der Waals surface area contributed by atoms with Gasteiger partial charge in [-0.3, -0.25) is 4.79 Å². The number of aliphatic hydroxyl groups excluding tert-OH is 1. The van der Waals surface area contributed by atoms with Gasteiger partial charge in [-0.05, 0) is 92.8 Å². The number of rotatable bonds is 1. The maximum atomic E-state index is 12.2. The van der Waals surface area contributed by atoms with Crippen molar-refractivity contribution in [3.05, 3.63) is 0 Å². The summed E-state index contributed by atoms with van der Waals surface area (Å²) in [6, 6.07) is 0. The van der Waals surface area contributed by atoms with E-state index in [0.717, 1.165) is 24.7 Å². The topological polar surface area (TPSA) is 37.3 Å². The quantitative estimate of drug-likeness (QED) is 0.787. The summed E-state index contributed by atoms with van der Waals surface area (Å²) in [4.78, 5) is 12.2. The van der Waals surface area contributed by atoms with E-state index in [1.54, 1.807) is 0 Å². The van der Waals surface area contributed by atoms with E-state index in [1.165, 1.54) is 38.5 Å². The van der Waals surface area contributed by atoms with Crippen molar-refractivity contribution in [2.24, 2.45) is 45.8 Å². The first-order valence-electron chi connectivity index (χ1n) is 10.0. The first-order valence-corrected chi connectivity index (χ1v) is 10.0. The molecule has 0 aromatic carbocycles. The molecule has 0 aliphatic heterocycles. The van der Waals surface area contributed by atoms with Gasteiger partial charge in [-0.1, -0.05) is 13.8 Å². The fraction of sp³-hybridized carbons (Fsp3) is 0.952. The molecule has 2 heteroatoms. The van der Waals surface area contributed by atoms with E-state index in [1.807, 2.05) is 6.92 Å². The van der Waals surface area contributed by atoms with Gasteiger partial charge in [0.1, 0.15) is 5.78 Å². The number of Topliss-reactive ketones (excluding diaryl/α,β-unsaturated/α-hetero) is 1. The van der Waals surface area contributed by atoms with E-state index in [0.29, 0.717) is 28.4 Å². The van der Waals surface area contributed by atoms with Crippen LogP contribution in [0.25, 0.3) is 0 Å². The Hall–Kier alpha value is -0.370. The molecule has 0 bridgehead atoms. The van der Waals surface area contributed by atoms with Crippen molar-refractivity contribution in [3.8, 4) is 0 Å². The van der Waals surface area contributed by atoms with Gasteiger partial charge >= 0.3 is 0 Å². The van der Waals surface area contributed by atoms with Crippen molar-refractivity contribution in [2.75, 3.05) is 0 Å². The minimum Gasteiger partial charge on any atom is -0.393 e. The molecule has 0 radical (unpaired) electrons. The highest BCUT2D eigenvalue weighted by molar-refractivity contribution is 5.79. The summed E-state index contributed by atoms with van der Waals surface area (Å²) in [5.74, 6) is 3.68. The second kappa shape index (κ2) is 4.23. The van der Waals surface area contributed by atoms with Gasteiger partial charge in [0.05, 0.1) is 6.10 Å². The van der Waals surface area contributed by atoms with Gasteiger partial charge in [0, 0.05) is 11.3 Å². The van der Waals surface area contributed by atoms with Gasteiger partial charge in [0.2, 0.25) is 0 Å². The molecule has 0 unspecified atom stereocenters. The molecule has 1 spiro atoms. The molecule has 0 amide bonds. The summed E-state index contributed by atoms with van der Waals surface area (Å²) in [5.41, 5.74) is 0.894. The molecular weight excluding hydrogens is 284 g/mol. The number of carbonyl (C=O) groups excluding carboxylic acids is 1. The second-order valence-electron chi connectivity index (χ2n) is 10.3. The predicted octanol–water partition coefficient (Wildman–Crippen LogP) is 4.21. The number of fused-ring (bicyclic) bond motifs is 4. The van der Waals surface area contributed by atoms with Crippen molar-refractivity contribution in [3.63, 3.8) is 0 Å². The SMILES string of the molecule is CC(=O)[C@H]1CC[C@H]2[C@@H]3C[C@@H](O)[C@]45C[C@@H]4CC[C@]5(C)[C@H]3CC[C@]12C. The first-order chi connectivity index (χ1) is 10.8. The van der Waals surface area contributed by atoms with Crippen LogP contribution in [0.15, 0.2) is 0 Å². The fourth-order valence-electron chi connectivity index (χ4n) is 8.98. The lowest BCUT2D eigenvalue weighted by Crippen LogP contribution is -2.56. The van der Waals surface area contributed by atoms with Crippen molar-refractivity contribution in [2.45, 2.75) is 78.2 Å². The Bertz CT molecular complexity index is 570. The Labute approximate surface area is 140 Å². The van der Waals surface area contributed by atoms with Crippen LogP contribution in [0.3, 0.4) is 0 Å². The van der Waals surface area contributed by atoms with Crippen LogP contribution >= 0.6 is 0 Å². The van der Waals surface area contributed by atoms with Crippen LogP contribution in [0.1, 0.15) is 72.1 Å². The lowest BCUT2D eigenvalue weighted by molar-refractivity contribution is -0.153. The minimum atomic E-state index is -0.0695. The maximum Gasteiger partial charge on any atom is 0.133 e. The van der Waals surface area contributed by atoms with Gasteiger partial charge in [0.15, 0.2) is 0 Å². The summed E-state index contributed by atoms with van der Waals surface area (Å²) in [5, 5.41) is 11.1. The van der Waals surface area contributed by atoms with E-state index in [4.69, 9.17) is 0 Å². The van der Waals surface area contributed by atoms with E-state index >= 15 is 0 Å². The van der Waals surface area contributed by atoms with Crippen LogP contribution < -0.4 is 0 Å². The average Bonchev–Trinajstić information content (AvgIpc) is 3.01. The fourth-order valence-corrected chi connectivity index (χ4v) is 8.98. The molecule has 0 aromatic rings. The highest BCUT2D eigenvalue weighted by Gasteiger charge is 2.77. The van der Waals surface area contributed by atoms with Crippen molar-refractivity contribution in [1.29, 1.82) is 0 Å². The normalized spacial score (nSPS) is 63.0. The van der Waals surface area contributed by atoms with Crippen LogP contribution in [0.2, 0.25) is 0 Å². The van der Waals surface area contributed by atoms with Crippen molar-refractivity contribution in [1.82, 2.24) is 0 Å². The van der Waals surface area contributed by atoms with Gasteiger partial charge in [-0.25, -0.2) is 0 Å². The Morgan fingerprint density at radius 3 is 2.52 bits per heavy atom. The zero-order valence-electron chi connectivity index (χ0n) is 15.0. The lowest BCUT2D eigenvalue weighted by Gasteiger charge is -2.60. The largest absolute Gasteiger partial charge is 0.393 e. The summed E-state index contributed by atoms with van der Waals surface area (Å²) in [6.07, 6.45) is 9.83. The third kappa shape index (κ3) is 1.50. The second-order valence-corrected chi connectivity index (χ2v) is 10.3. The highest BCUT2D eigenvalue weighted by atomic mass is 16.3. The van der Waals surface area contributed by atoms with Crippen LogP contribution in [-0.4, -0.2) is 17.0 Å². The molecule has 0 heterocycles. The molecular formula is C21H32O2. The van der Waals surface area contributed by atoms with Crippen molar-refractivity contribution >= 4 is 5.78 Å². The van der Waals surface area contributed by atoms with Crippen LogP contribution in [0, 0.1) is 45.8 Å². The molecule has 0 aromatic heterocycles. The number of hydrogen-bond donors (Lipinski definition) is 1. The number of ketones is 1. The molecule has 0 saturated heterocycles. The van der Waals surface area contributed by atoms with E-state index < -0.39 is 0 Å². The number of carbonyl (C=O) groups is 1. The molecule has 5 aliphatic rings. The van der Waals surface area contributed by atoms with E-state index in [9.17, 15) is 9.90 Å².